The number of nitrogens with zero attached hydrogens (tertiary/aromatic N) is 4. The average Bonchev–Trinajstić information content (AvgIpc) is 2.73. The molecule has 0 aromatic carbocycles. The van der Waals surface area contributed by atoms with Gasteiger partial charge in [0.1, 0.15) is 5.76 Å². The molecule has 120 valence electrons. The zero-order chi connectivity index (χ0) is 15.4. The standard InChI is InChI=1S/C15H28N4O2/c1-12-15(13(2)21-16-12)11-18(4)9-14(20)10-19-7-5-17(3)6-8-19/h14,20H,5-11H2,1-4H3. The summed E-state index contributed by atoms with van der Waals surface area (Å²) < 4.78 is 5.18. The fourth-order valence-corrected chi connectivity index (χ4v) is 2.81. The Labute approximate surface area is 127 Å². The third-order valence-electron chi connectivity index (χ3n) is 4.20. The molecule has 0 amide bonds. The molecule has 0 bridgehead atoms. The van der Waals surface area contributed by atoms with Crippen molar-refractivity contribution in [1.82, 2.24) is 19.9 Å². The summed E-state index contributed by atoms with van der Waals surface area (Å²) in [5.41, 5.74) is 2.07. The van der Waals surface area contributed by atoms with E-state index in [2.05, 4.69) is 26.9 Å². The van der Waals surface area contributed by atoms with E-state index in [0.717, 1.165) is 56.3 Å². The Morgan fingerprint density at radius 3 is 2.52 bits per heavy atom. The highest BCUT2D eigenvalue weighted by atomic mass is 16.5. The summed E-state index contributed by atoms with van der Waals surface area (Å²) >= 11 is 0. The van der Waals surface area contributed by atoms with Crippen molar-refractivity contribution in [3.8, 4) is 0 Å². The SMILES string of the molecule is Cc1noc(C)c1CN(C)CC(O)CN1CCN(C)CC1. The quantitative estimate of drug-likeness (QED) is 0.816. The van der Waals surface area contributed by atoms with Crippen molar-refractivity contribution in [2.45, 2.75) is 26.5 Å². The van der Waals surface area contributed by atoms with Gasteiger partial charge in [0.25, 0.3) is 0 Å². The summed E-state index contributed by atoms with van der Waals surface area (Å²) in [5.74, 6) is 0.868. The Morgan fingerprint density at radius 1 is 1.29 bits per heavy atom. The molecule has 1 fully saturated rings. The summed E-state index contributed by atoms with van der Waals surface area (Å²) in [5, 5.41) is 14.2. The molecule has 6 nitrogen and oxygen atoms in total. The highest BCUT2D eigenvalue weighted by Crippen LogP contribution is 2.14. The van der Waals surface area contributed by atoms with Crippen LogP contribution in [0.4, 0.5) is 0 Å². The molecule has 1 aromatic rings. The van der Waals surface area contributed by atoms with Gasteiger partial charge in [-0.25, -0.2) is 0 Å². The first kappa shape index (κ1) is 16.4. The lowest BCUT2D eigenvalue weighted by Crippen LogP contribution is -2.48. The van der Waals surface area contributed by atoms with E-state index >= 15 is 0 Å². The van der Waals surface area contributed by atoms with E-state index < -0.39 is 0 Å². The molecule has 0 spiro atoms. The lowest BCUT2D eigenvalue weighted by Gasteiger charge is -2.34. The van der Waals surface area contributed by atoms with Gasteiger partial charge in [0, 0.05) is 51.4 Å². The number of rotatable bonds is 6. The van der Waals surface area contributed by atoms with Crippen LogP contribution in [0.25, 0.3) is 0 Å². The third kappa shape index (κ3) is 4.78. The van der Waals surface area contributed by atoms with E-state index in [4.69, 9.17) is 4.52 Å². The predicted octanol–water partition coefficient (Wildman–Crippen LogP) is 0.332. The zero-order valence-electron chi connectivity index (χ0n) is 13.7. The van der Waals surface area contributed by atoms with Crippen LogP contribution in [0.2, 0.25) is 0 Å². The lowest BCUT2D eigenvalue weighted by atomic mass is 10.2. The fraction of sp³-hybridized carbons (Fsp3) is 0.800. The molecule has 1 aliphatic heterocycles. The maximum Gasteiger partial charge on any atom is 0.138 e. The van der Waals surface area contributed by atoms with Crippen LogP contribution in [0.1, 0.15) is 17.0 Å². The van der Waals surface area contributed by atoms with Gasteiger partial charge in [0.05, 0.1) is 11.8 Å². The number of aliphatic hydroxyl groups is 1. The van der Waals surface area contributed by atoms with E-state index in [9.17, 15) is 5.11 Å². The topological polar surface area (TPSA) is 56.0 Å². The molecule has 0 aliphatic carbocycles. The van der Waals surface area contributed by atoms with Gasteiger partial charge in [-0.3, -0.25) is 9.80 Å². The second kappa shape index (κ2) is 7.35. The molecule has 1 aliphatic rings. The summed E-state index contributed by atoms with van der Waals surface area (Å²) in [7, 11) is 4.17. The number of aryl methyl sites for hydroxylation is 2. The molecule has 1 atom stereocenters. The van der Waals surface area contributed by atoms with E-state index in [1.54, 1.807) is 0 Å². The van der Waals surface area contributed by atoms with Crippen LogP contribution in [0.3, 0.4) is 0 Å². The number of aromatic nitrogens is 1. The van der Waals surface area contributed by atoms with Gasteiger partial charge in [0.2, 0.25) is 0 Å². The Morgan fingerprint density at radius 2 is 1.95 bits per heavy atom. The van der Waals surface area contributed by atoms with Crippen molar-refractivity contribution in [3.63, 3.8) is 0 Å². The molecule has 0 radical (unpaired) electrons. The van der Waals surface area contributed by atoms with E-state index in [1.165, 1.54) is 0 Å². The minimum Gasteiger partial charge on any atom is -0.390 e. The molecule has 6 heteroatoms. The van der Waals surface area contributed by atoms with E-state index in [-0.39, 0.29) is 6.10 Å². The van der Waals surface area contributed by atoms with Crippen molar-refractivity contribution in [1.29, 1.82) is 0 Å². The Kier molecular flexibility index (Phi) is 5.75. The Balaban J connectivity index is 1.75. The Bertz CT molecular complexity index is 421. The van der Waals surface area contributed by atoms with Crippen LogP contribution < -0.4 is 0 Å². The largest absolute Gasteiger partial charge is 0.390 e. The minimum atomic E-state index is -0.320. The number of likely N-dealkylation sites (N-methyl/N-ethyl adjacent to an activating group) is 2. The smallest absolute Gasteiger partial charge is 0.138 e. The van der Waals surface area contributed by atoms with E-state index in [0.29, 0.717) is 6.54 Å². The number of β-amino-alcohol motifs (C(OH)–C–C–N with tert-alkyl or cyclic N) is 1. The predicted molar refractivity (Wildman–Crippen MR) is 82.3 cm³/mol. The zero-order valence-corrected chi connectivity index (χ0v) is 13.7. The molecule has 0 saturated carbocycles. The number of piperazine rings is 1. The molecule has 1 N–H and O–H groups in total. The first-order chi connectivity index (χ1) is 9.95. The second-order valence-corrected chi connectivity index (χ2v) is 6.26. The van der Waals surface area contributed by atoms with Crippen molar-refractivity contribution in [2.24, 2.45) is 0 Å². The summed E-state index contributed by atoms with van der Waals surface area (Å²) in [6, 6.07) is 0. The molecular formula is C15H28N4O2. The second-order valence-electron chi connectivity index (χ2n) is 6.26. The number of hydrogen-bond donors (Lipinski definition) is 1. The molecule has 1 unspecified atom stereocenters. The van der Waals surface area contributed by atoms with Gasteiger partial charge in [-0.05, 0) is 27.9 Å². The molecule has 21 heavy (non-hydrogen) atoms. The molecule has 2 rings (SSSR count). The van der Waals surface area contributed by atoms with Crippen LogP contribution in [0.5, 0.6) is 0 Å². The molecule has 1 saturated heterocycles. The van der Waals surface area contributed by atoms with Gasteiger partial charge in [0.15, 0.2) is 0 Å². The van der Waals surface area contributed by atoms with Crippen molar-refractivity contribution in [3.05, 3.63) is 17.0 Å². The van der Waals surface area contributed by atoms with Gasteiger partial charge in [-0.15, -0.1) is 0 Å². The maximum atomic E-state index is 10.3. The van der Waals surface area contributed by atoms with Crippen molar-refractivity contribution in [2.75, 3.05) is 53.4 Å². The van der Waals surface area contributed by atoms with E-state index in [1.807, 2.05) is 20.9 Å². The summed E-state index contributed by atoms with van der Waals surface area (Å²) in [4.78, 5) is 6.80. The monoisotopic (exact) mass is 296 g/mol. The first-order valence-corrected chi connectivity index (χ1v) is 7.65. The Hall–Kier alpha value is -0.950. The van der Waals surface area contributed by atoms with Gasteiger partial charge in [-0.1, -0.05) is 5.16 Å². The summed E-state index contributed by atoms with van der Waals surface area (Å²) in [6.45, 7) is 10.3. The molecule has 1 aromatic heterocycles. The first-order valence-electron chi connectivity index (χ1n) is 7.65. The molecule has 2 heterocycles. The van der Waals surface area contributed by atoms with Gasteiger partial charge < -0.3 is 14.5 Å². The maximum absolute atomic E-state index is 10.3. The normalized spacial score (nSPS) is 19.3. The van der Waals surface area contributed by atoms with Gasteiger partial charge >= 0.3 is 0 Å². The van der Waals surface area contributed by atoms with Crippen LogP contribution in [0.15, 0.2) is 4.52 Å². The molecular weight excluding hydrogens is 268 g/mol. The summed E-state index contributed by atoms with van der Waals surface area (Å²) in [6.07, 6.45) is -0.320. The van der Waals surface area contributed by atoms with Crippen molar-refractivity contribution < 1.29 is 9.63 Å². The fourth-order valence-electron chi connectivity index (χ4n) is 2.81. The van der Waals surface area contributed by atoms with Crippen LogP contribution in [-0.2, 0) is 6.54 Å². The van der Waals surface area contributed by atoms with Crippen LogP contribution in [0, 0.1) is 13.8 Å². The minimum absolute atomic E-state index is 0.320. The third-order valence-corrected chi connectivity index (χ3v) is 4.20. The lowest BCUT2D eigenvalue weighted by molar-refractivity contribution is 0.0592. The van der Waals surface area contributed by atoms with Crippen molar-refractivity contribution >= 4 is 0 Å². The highest BCUT2D eigenvalue weighted by Gasteiger charge is 2.19. The number of hydrogen-bond acceptors (Lipinski definition) is 6. The van der Waals surface area contributed by atoms with Crippen LogP contribution >= 0.6 is 0 Å². The average molecular weight is 296 g/mol. The highest BCUT2D eigenvalue weighted by molar-refractivity contribution is 5.20. The van der Waals surface area contributed by atoms with Crippen LogP contribution in [-0.4, -0.2) is 84.4 Å². The van der Waals surface area contributed by atoms with Gasteiger partial charge in [-0.2, -0.15) is 0 Å². The number of aliphatic hydroxyl groups excluding tert-OH is 1.